The van der Waals surface area contributed by atoms with Crippen LogP contribution in [0.3, 0.4) is 0 Å². The number of halogens is 2. The SMILES string of the molecule is N#Cc1cccc(C(O)(c2ccc(F)cc2)c2ccc(F)cc2CO)c1. The van der Waals surface area contributed by atoms with Gasteiger partial charge in [-0.1, -0.05) is 30.3 Å². The van der Waals surface area contributed by atoms with Gasteiger partial charge in [0.05, 0.1) is 18.2 Å². The van der Waals surface area contributed by atoms with Gasteiger partial charge in [-0.15, -0.1) is 0 Å². The van der Waals surface area contributed by atoms with Gasteiger partial charge in [-0.25, -0.2) is 8.78 Å². The molecule has 0 saturated heterocycles. The van der Waals surface area contributed by atoms with Crippen LogP contribution in [0, 0.1) is 23.0 Å². The molecule has 3 aromatic rings. The molecule has 0 radical (unpaired) electrons. The molecule has 0 aromatic heterocycles. The molecule has 0 heterocycles. The van der Waals surface area contributed by atoms with Crippen LogP contribution in [0.25, 0.3) is 0 Å². The summed E-state index contributed by atoms with van der Waals surface area (Å²) < 4.78 is 27.0. The van der Waals surface area contributed by atoms with Gasteiger partial charge in [0.25, 0.3) is 0 Å². The van der Waals surface area contributed by atoms with Crippen LogP contribution >= 0.6 is 0 Å². The number of benzene rings is 3. The van der Waals surface area contributed by atoms with Crippen molar-refractivity contribution >= 4 is 0 Å². The fourth-order valence-electron chi connectivity index (χ4n) is 3.03. The Morgan fingerprint density at radius 3 is 2.23 bits per heavy atom. The minimum Gasteiger partial charge on any atom is -0.392 e. The molecule has 0 spiro atoms. The van der Waals surface area contributed by atoms with Crippen molar-refractivity contribution in [2.24, 2.45) is 0 Å². The number of aliphatic hydroxyl groups is 2. The van der Waals surface area contributed by atoms with Crippen molar-refractivity contribution < 1.29 is 19.0 Å². The van der Waals surface area contributed by atoms with Gasteiger partial charge in [-0.2, -0.15) is 5.26 Å². The highest BCUT2D eigenvalue weighted by Crippen LogP contribution is 2.39. The third-order valence-electron chi connectivity index (χ3n) is 4.30. The monoisotopic (exact) mass is 351 g/mol. The van der Waals surface area contributed by atoms with E-state index in [4.69, 9.17) is 0 Å². The maximum absolute atomic E-state index is 13.6. The zero-order chi connectivity index (χ0) is 18.7. The van der Waals surface area contributed by atoms with Crippen molar-refractivity contribution in [3.8, 4) is 6.07 Å². The van der Waals surface area contributed by atoms with E-state index < -0.39 is 23.8 Å². The minimum absolute atomic E-state index is 0.194. The maximum Gasteiger partial charge on any atom is 0.140 e. The normalized spacial score (nSPS) is 13.0. The lowest BCUT2D eigenvalue weighted by atomic mass is 9.78. The Bertz CT molecular complexity index is 980. The van der Waals surface area contributed by atoms with Gasteiger partial charge < -0.3 is 10.2 Å². The first-order chi connectivity index (χ1) is 12.5. The predicted molar refractivity (Wildman–Crippen MR) is 92.0 cm³/mol. The Balaban J connectivity index is 2.33. The van der Waals surface area contributed by atoms with Gasteiger partial charge in [0, 0.05) is 0 Å². The zero-order valence-corrected chi connectivity index (χ0v) is 13.7. The Hall–Kier alpha value is -3.07. The number of nitrogens with zero attached hydrogens (tertiary/aromatic N) is 1. The van der Waals surface area contributed by atoms with Gasteiger partial charge >= 0.3 is 0 Å². The smallest absolute Gasteiger partial charge is 0.140 e. The molecule has 0 aliphatic heterocycles. The number of nitriles is 1. The lowest BCUT2D eigenvalue weighted by Crippen LogP contribution is -2.30. The van der Waals surface area contributed by atoms with E-state index in [1.807, 2.05) is 6.07 Å². The van der Waals surface area contributed by atoms with Crippen molar-refractivity contribution in [1.82, 2.24) is 0 Å². The molecule has 2 N–H and O–H groups in total. The molecular weight excluding hydrogens is 336 g/mol. The third-order valence-corrected chi connectivity index (χ3v) is 4.30. The first-order valence-corrected chi connectivity index (χ1v) is 7.88. The molecular formula is C21H15F2NO2. The standard InChI is InChI=1S/C21H15F2NO2/c22-18-6-4-16(5-7-18)21(26,17-3-1-2-14(10-17)12-24)20-9-8-19(23)11-15(20)13-25/h1-11,25-26H,13H2. The molecule has 0 bridgehead atoms. The van der Waals surface area contributed by atoms with Gasteiger partial charge in [-0.05, 0) is 58.7 Å². The van der Waals surface area contributed by atoms with Crippen LogP contribution in [0.4, 0.5) is 8.78 Å². The highest BCUT2D eigenvalue weighted by molar-refractivity contribution is 5.51. The third kappa shape index (κ3) is 3.08. The molecule has 0 fully saturated rings. The number of aliphatic hydroxyl groups excluding tert-OH is 1. The van der Waals surface area contributed by atoms with Crippen LogP contribution in [-0.2, 0) is 12.2 Å². The van der Waals surface area contributed by atoms with Gasteiger partial charge in [-0.3, -0.25) is 0 Å². The molecule has 5 heteroatoms. The second-order valence-corrected chi connectivity index (χ2v) is 5.87. The van der Waals surface area contributed by atoms with Crippen molar-refractivity contribution in [3.05, 3.63) is 106 Å². The van der Waals surface area contributed by atoms with E-state index in [0.717, 1.165) is 6.07 Å². The van der Waals surface area contributed by atoms with Crippen LogP contribution < -0.4 is 0 Å². The average molecular weight is 351 g/mol. The Morgan fingerprint density at radius 2 is 1.58 bits per heavy atom. The predicted octanol–water partition coefficient (Wildman–Crippen LogP) is 3.61. The van der Waals surface area contributed by atoms with Crippen molar-refractivity contribution in [3.63, 3.8) is 0 Å². The van der Waals surface area contributed by atoms with Crippen molar-refractivity contribution in [1.29, 1.82) is 5.26 Å². The summed E-state index contributed by atoms with van der Waals surface area (Å²) in [6.45, 7) is -0.492. The van der Waals surface area contributed by atoms with Crippen molar-refractivity contribution in [2.75, 3.05) is 0 Å². The summed E-state index contributed by atoms with van der Waals surface area (Å²) >= 11 is 0. The van der Waals surface area contributed by atoms with Crippen LogP contribution in [0.15, 0.2) is 66.7 Å². The second-order valence-electron chi connectivity index (χ2n) is 5.87. The fraction of sp³-hybridized carbons (Fsp3) is 0.0952. The summed E-state index contributed by atoms with van der Waals surface area (Å²) in [5, 5.41) is 30.5. The van der Waals surface area contributed by atoms with Crippen LogP contribution in [-0.4, -0.2) is 10.2 Å². The topological polar surface area (TPSA) is 64.2 Å². The molecule has 0 saturated carbocycles. The highest BCUT2D eigenvalue weighted by atomic mass is 19.1. The molecule has 3 rings (SSSR count). The van der Waals surface area contributed by atoms with E-state index in [1.165, 1.54) is 42.5 Å². The molecule has 1 atom stereocenters. The minimum atomic E-state index is -1.80. The van der Waals surface area contributed by atoms with E-state index in [1.54, 1.807) is 18.2 Å². The Morgan fingerprint density at radius 1 is 0.885 bits per heavy atom. The zero-order valence-electron chi connectivity index (χ0n) is 13.7. The number of hydrogen-bond acceptors (Lipinski definition) is 3. The lowest BCUT2D eigenvalue weighted by Gasteiger charge is -2.32. The van der Waals surface area contributed by atoms with Gasteiger partial charge in [0.15, 0.2) is 0 Å². The van der Waals surface area contributed by atoms with E-state index in [-0.39, 0.29) is 11.1 Å². The molecule has 0 aliphatic carbocycles. The van der Waals surface area contributed by atoms with Crippen LogP contribution in [0.5, 0.6) is 0 Å². The molecule has 3 nitrogen and oxygen atoms in total. The van der Waals surface area contributed by atoms with Crippen LogP contribution in [0.1, 0.15) is 27.8 Å². The molecule has 0 aliphatic rings. The maximum atomic E-state index is 13.6. The van der Waals surface area contributed by atoms with E-state index in [0.29, 0.717) is 16.7 Å². The molecule has 130 valence electrons. The molecule has 3 aromatic carbocycles. The quantitative estimate of drug-likeness (QED) is 0.706. The van der Waals surface area contributed by atoms with E-state index in [2.05, 4.69) is 0 Å². The fourth-order valence-corrected chi connectivity index (χ4v) is 3.03. The summed E-state index contributed by atoms with van der Waals surface area (Å²) in [6.07, 6.45) is 0. The summed E-state index contributed by atoms with van der Waals surface area (Å²) in [5.41, 5.74) is -0.343. The van der Waals surface area contributed by atoms with Gasteiger partial charge in [0.2, 0.25) is 0 Å². The van der Waals surface area contributed by atoms with E-state index in [9.17, 15) is 24.3 Å². The van der Waals surface area contributed by atoms with E-state index >= 15 is 0 Å². The Labute approximate surface area is 149 Å². The average Bonchev–Trinajstić information content (AvgIpc) is 2.67. The number of rotatable bonds is 4. The number of hydrogen-bond donors (Lipinski definition) is 2. The Kier molecular flexibility index (Phi) is 4.81. The summed E-state index contributed by atoms with van der Waals surface area (Å²) in [4.78, 5) is 0. The first-order valence-electron chi connectivity index (χ1n) is 7.88. The molecule has 0 amide bonds. The first kappa shape index (κ1) is 17.7. The van der Waals surface area contributed by atoms with Gasteiger partial charge in [0.1, 0.15) is 17.2 Å². The molecule has 26 heavy (non-hydrogen) atoms. The highest BCUT2D eigenvalue weighted by Gasteiger charge is 2.36. The van der Waals surface area contributed by atoms with Crippen LogP contribution in [0.2, 0.25) is 0 Å². The summed E-state index contributed by atoms with van der Waals surface area (Å²) in [7, 11) is 0. The van der Waals surface area contributed by atoms with Crippen molar-refractivity contribution in [2.45, 2.75) is 12.2 Å². The lowest BCUT2D eigenvalue weighted by molar-refractivity contribution is 0.122. The second kappa shape index (κ2) is 7.04. The molecule has 1 unspecified atom stereocenters. The summed E-state index contributed by atoms with van der Waals surface area (Å²) in [6, 6.07) is 17.3. The largest absolute Gasteiger partial charge is 0.392 e. The summed E-state index contributed by atoms with van der Waals surface area (Å²) in [5.74, 6) is -1.02.